The molecule has 1 aromatic heterocycles. The van der Waals surface area contributed by atoms with E-state index in [9.17, 15) is 15.0 Å². The van der Waals surface area contributed by atoms with Gasteiger partial charge in [-0.15, -0.1) is 0 Å². The predicted octanol–water partition coefficient (Wildman–Crippen LogP) is 3.82. The van der Waals surface area contributed by atoms with Crippen molar-refractivity contribution in [1.82, 2.24) is 0 Å². The molecule has 3 aromatic rings. The molecule has 0 aliphatic carbocycles. The number of carboxylic acids is 1. The molecule has 1 heterocycles. The maximum absolute atomic E-state index is 11.4. The highest BCUT2D eigenvalue weighted by Crippen LogP contribution is 2.41. The van der Waals surface area contributed by atoms with Gasteiger partial charge in [0, 0.05) is 16.3 Å². The third kappa shape index (κ3) is 1.98. The third-order valence-corrected chi connectivity index (χ3v) is 3.65. The maximum atomic E-state index is 11.4. The number of aryl methyl sites for hydroxylation is 1. The highest BCUT2D eigenvalue weighted by molar-refractivity contribution is 6.02. The van der Waals surface area contributed by atoms with Crippen LogP contribution < -0.4 is 4.74 Å². The van der Waals surface area contributed by atoms with Crippen LogP contribution in [0.2, 0.25) is 0 Å². The van der Waals surface area contributed by atoms with Gasteiger partial charge in [-0.25, -0.2) is 4.79 Å². The van der Waals surface area contributed by atoms with E-state index in [1.165, 1.54) is 6.26 Å². The van der Waals surface area contributed by atoms with E-state index in [2.05, 4.69) is 0 Å². The summed E-state index contributed by atoms with van der Waals surface area (Å²) >= 11 is 0. The lowest BCUT2D eigenvalue weighted by Crippen LogP contribution is -1.99. The molecule has 0 saturated heterocycles. The Labute approximate surface area is 126 Å². The fraction of sp³-hybridized carbons (Fsp3) is 0.118. The Morgan fingerprint density at radius 1 is 1.18 bits per heavy atom. The molecular weight excluding hydrogens is 284 g/mol. The summed E-state index contributed by atoms with van der Waals surface area (Å²) in [4.78, 5) is 11.4. The first-order valence-electron chi connectivity index (χ1n) is 6.65. The molecule has 0 saturated carbocycles. The van der Waals surface area contributed by atoms with E-state index in [0.29, 0.717) is 22.3 Å². The monoisotopic (exact) mass is 298 g/mol. The molecule has 0 atom stereocenters. The second-order valence-electron chi connectivity index (χ2n) is 4.95. The van der Waals surface area contributed by atoms with Gasteiger partial charge in [0.1, 0.15) is 17.1 Å². The molecule has 112 valence electrons. The number of phenols is 1. The number of phenolic OH excluding ortho intramolecular Hbond substituents is 1. The third-order valence-electron chi connectivity index (χ3n) is 3.65. The van der Waals surface area contributed by atoms with E-state index >= 15 is 0 Å². The van der Waals surface area contributed by atoms with Gasteiger partial charge in [-0.05, 0) is 25.1 Å². The van der Waals surface area contributed by atoms with Crippen LogP contribution in [0.4, 0.5) is 0 Å². The number of fused-ring (bicyclic) bond motifs is 1. The van der Waals surface area contributed by atoms with E-state index in [1.54, 1.807) is 44.4 Å². The topological polar surface area (TPSA) is 79.9 Å². The molecule has 22 heavy (non-hydrogen) atoms. The van der Waals surface area contributed by atoms with Gasteiger partial charge in [-0.1, -0.05) is 12.1 Å². The number of carboxylic acid groups (broad SMARTS) is 1. The number of aromatic hydroxyl groups is 1. The van der Waals surface area contributed by atoms with Gasteiger partial charge in [0.25, 0.3) is 0 Å². The Hall–Kier alpha value is -2.95. The summed E-state index contributed by atoms with van der Waals surface area (Å²) in [6.07, 6.45) is 1.37. The van der Waals surface area contributed by atoms with Crippen molar-refractivity contribution in [3.8, 4) is 22.8 Å². The van der Waals surface area contributed by atoms with Gasteiger partial charge in [0.2, 0.25) is 0 Å². The SMILES string of the molecule is COc1cccc2c(O)c(-c3occ(C)c3C(=O)O)ccc12. The Morgan fingerprint density at radius 2 is 1.95 bits per heavy atom. The summed E-state index contributed by atoms with van der Waals surface area (Å²) in [5.74, 6) is -0.347. The zero-order valence-corrected chi connectivity index (χ0v) is 12.1. The van der Waals surface area contributed by atoms with Crippen LogP contribution in [-0.2, 0) is 0 Å². The summed E-state index contributed by atoms with van der Waals surface area (Å²) in [5, 5.41) is 21.2. The second-order valence-corrected chi connectivity index (χ2v) is 4.95. The Morgan fingerprint density at radius 3 is 2.64 bits per heavy atom. The first-order valence-corrected chi connectivity index (χ1v) is 6.65. The van der Waals surface area contributed by atoms with Crippen molar-refractivity contribution in [2.45, 2.75) is 6.92 Å². The summed E-state index contributed by atoms with van der Waals surface area (Å²) in [7, 11) is 1.55. The molecule has 2 aromatic carbocycles. The van der Waals surface area contributed by atoms with E-state index in [4.69, 9.17) is 9.15 Å². The largest absolute Gasteiger partial charge is 0.507 e. The number of ether oxygens (including phenoxy) is 1. The van der Waals surface area contributed by atoms with E-state index in [0.717, 1.165) is 5.39 Å². The summed E-state index contributed by atoms with van der Waals surface area (Å²) in [6, 6.07) is 8.70. The average molecular weight is 298 g/mol. The molecule has 0 bridgehead atoms. The van der Waals surface area contributed by atoms with Gasteiger partial charge in [-0.3, -0.25) is 0 Å². The lowest BCUT2D eigenvalue weighted by molar-refractivity contribution is 0.0696. The zero-order chi connectivity index (χ0) is 15.9. The van der Waals surface area contributed by atoms with Crippen LogP contribution in [-0.4, -0.2) is 23.3 Å². The van der Waals surface area contributed by atoms with Crippen molar-refractivity contribution in [2.75, 3.05) is 7.11 Å². The highest BCUT2D eigenvalue weighted by atomic mass is 16.5. The van der Waals surface area contributed by atoms with Crippen LogP contribution in [0.5, 0.6) is 11.5 Å². The fourth-order valence-electron chi connectivity index (χ4n) is 2.58. The number of furan rings is 1. The highest BCUT2D eigenvalue weighted by Gasteiger charge is 2.22. The lowest BCUT2D eigenvalue weighted by atomic mass is 10.00. The van der Waals surface area contributed by atoms with Gasteiger partial charge >= 0.3 is 5.97 Å². The van der Waals surface area contributed by atoms with Crippen LogP contribution in [0, 0.1) is 6.92 Å². The molecule has 2 N–H and O–H groups in total. The number of benzene rings is 2. The minimum absolute atomic E-state index is 0.0340. The number of hydrogen-bond acceptors (Lipinski definition) is 4. The number of aromatic carboxylic acids is 1. The van der Waals surface area contributed by atoms with E-state index in [-0.39, 0.29) is 17.1 Å². The minimum Gasteiger partial charge on any atom is -0.507 e. The smallest absolute Gasteiger partial charge is 0.339 e. The van der Waals surface area contributed by atoms with Crippen molar-refractivity contribution >= 4 is 16.7 Å². The number of rotatable bonds is 3. The van der Waals surface area contributed by atoms with Gasteiger partial charge in [0.05, 0.1) is 18.9 Å². The molecule has 0 aliphatic rings. The Balaban J connectivity index is 2.30. The molecule has 5 heteroatoms. The van der Waals surface area contributed by atoms with Crippen molar-refractivity contribution in [3.63, 3.8) is 0 Å². The summed E-state index contributed by atoms with van der Waals surface area (Å²) in [6.45, 7) is 1.65. The second kappa shape index (κ2) is 5.11. The molecule has 0 unspecified atom stereocenters. The number of hydrogen-bond donors (Lipinski definition) is 2. The summed E-state index contributed by atoms with van der Waals surface area (Å²) < 4.78 is 10.6. The van der Waals surface area contributed by atoms with Crippen LogP contribution >= 0.6 is 0 Å². The molecule has 5 nitrogen and oxygen atoms in total. The fourth-order valence-corrected chi connectivity index (χ4v) is 2.58. The van der Waals surface area contributed by atoms with E-state index in [1.807, 2.05) is 0 Å². The lowest BCUT2D eigenvalue weighted by Gasteiger charge is -2.10. The van der Waals surface area contributed by atoms with Crippen molar-refractivity contribution in [2.24, 2.45) is 0 Å². The zero-order valence-electron chi connectivity index (χ0n) is 12.1. The predicted molar refractivity (Wildman–Crippen MR) is 81.6 cm³/mol. The molecule has 0 radical (unpaired) electrons. The normalized spacial score (nSPS) is 10.8. The average Bonchev–Trinajstić information content (AvgIpc) is 2.89. The first-order chi connectivity index (χ1) is 10.5. The quantitative estimate of drug-likeness (QED) is 0.768. The van der Waals surface area contributed by atoms with Crippen LogP contribution in [0.25, 0.3) is 22.1 Å². The van der Waals surface area contributed by atoms with Crippen molar-refractivity contribution in [1.29, 1.82) is 0 Å². The minimum atomic E-state index is -1.09. The first kappa shape index (κ1) is 14.0. The van der Waals surface area contributed by atoms with Gasteiger partial charge in [-0.2, -0.15) is 0 Å². The molecule has 3 rings (SSSR count). The Kier molecular flexibility index (Phi) is 3.25. The molecule has 0 fully saturated rings. The van der Waals surface area contributed by atoms with E-state index < -0.39 is 5.97 Å². The van der Waals surface area contributed by atoms with Gasteiger partial charge < -0.3 is 19.4 Å². The van der Waals surface area contributed by atoms with Crippen molar-refractivity contribution < 1.29 is 24.2 Å². The Bertz CT molecular complexity index is 876. The standard InChI is InChI=1S/C17H14O5/c1-9-8-22-16(14(9)17(19)20)12-7-6-10-11(15(12)18)4-3-5-13(10)21-2/h3-8,18H,1-2H3,(H,19,20). The van der Waals surface area contributed by atoms with Gasteiger partial charge in [0.15, 0.2) is 5.76 Å². The molecule has 0 spiro atoms. The summed E-state index contributed by atoms with van der Waals surface area (Å²) in [5.41, 5.74) is 0.899. The molecule has 0 amide bonds. The number of methoxy groups -OCH3 is 1. The maximum Gasteiger partial charge on any atom is 0.339 e. The van der Waals surface area contributed by atoms with Crippen LogP contribution in [0.15, 0.2) is 41.0 Å². The van der Waals surface area contributed by atoms with Crippen LogP contribution in [0.1, 0.15) is 15.9 Å². The van der Waals surface area contributed by atoms with Crippen LogP contribution in [0.3, 0.4) is 0 Å². The number of carbonyl (C=O) groups is 1. The molecular formula is C17H14O5. The molecule has 0 aliphatic heterocycles. The van der Waals surface area contributed by atoms with Crippen molar-refractivity contribution in [3.05, 3.63) is 47.7 Å².